The highest BCUT2D eigenvalue weighted by molar-refractivity contribution is 14.1. The van der Waals surface area contributed by atoms with E-state index in [4.69, 9.17) is 14.5 Å². The van der Waals surface area contributed by atoms with Gasteiger partial charge in [0.15, 0.2) is 4.80 Å². The normalized spacial score (nSPS) is 15.0. The number of aromatic nitrogens is 1. The van der Waals surface area contributed by atoms with E-state index in [0.29, 0.717) is 32.9 Å². The zero-order valence-electron chi connectivity index (χ0n) is 21.6. The van der Waals surface area contributed by atoms with Crippen molar-refractivity contribution in [2.45, 2.75) is 19.9 Å². The molecule has 7 nitrogen and oxygen atoms in total. The van der Waals surface area contributed by atoms with Gasteiger partial charge in [-0.05, 0) is 90.0 Å². The highest BCUT2D eigenvalue weighted by Gasteiger charge is 2.32. The molecule has 0 bridgehead atoms. The average molecular weight is 652 g/mol. The van der Waals surface area contributed by atoms with Crippen molar-refractivity contribution < 1.29 is 14.3 Å². The number of methoxy groups -OCH3 is 1. The summed E-state index contributed by atoms with van der Waals surface area (Å²) in [5.41, 5.74) is 3.11. The van der Waals surface area contributed by atoms with Crippen LogP contribution in [-0.4, -0.2) is 24.2 Å². The minimum absolute atomic E-state index is 0.207. The molecule has 9 heteroatoms. The Bertz CT molecular complexity index is 1740. The van der Waals surface area contributed by atoms with Gasteiger partial charge in [-0.1, -0.05) is 47.7 Å². The van der Waals surface area contributed by atoms with Gasteiger partial charge in [0.1, 0.15) is 11.5 Å². The van der Waals surface area contributed by atoms with E-state index in [2.05, 4.69) is 27.9 Å². The van der Waals surface area contributed by atoms with Crippen molar-refractivity contribution >= 4 is 51.6 Å². The summed E-state index contributed by atoms with van der Waals surface area (Å²) >= 11 is 3.52. The van der Waals surface area contributed by atoms with Gasteiger partial charge in [0, 0.05) is 5.69 Å². The maximum absolute atomic E-state index is 13.9. The first-order valence-electron chi connectivity index (χ1n) is 12.3. The number of amides is 1. The number of nitrogens with zero attached hydrogens (tertiary/aromatic N) is 2. The SMILES string of the molecule is CCOc1ccc([C@@H]2C(C(=O)Nc3ccccc3)=C(C)N=c3s/c(=C/c4ccc(OC)c(I)c4)c(=O)n32)cc1. The summed E-state index contributed by atoms with van der Waals surface area (Å²) in [6.07, 6.45) is 1.85. The number of nitrogens with one attached hydrogen (secondary N) is 1. The number of ether oxygens (including phenoxy) is 2. The Morgan fingerprint density at radius 3 is 2.54 bits per heavy atom. The van der Waals surface area contributed by atoms with E-state index in [-0.39, 0.29) is 11.5 Å². The third kappa shape index (κ3) is 5.55. The lowest BCUT2D eigenvalue weighted by molar-refractivity contribution is -0.113. The molecule has 0 saturated heterocycles. The Morgan fingerprint density at radius 2 is 1.87 bits per heavy atom. The van der Waals surface area contributed by atoms with Crippen molar-refractivity contribution in [3.63, 3.8) is 0 Å². The lowest BCUT2D eigenvalue weighted by atomic mass is 9.95. The Kier molecular flexibility index (Phi) is 7.99. The van der Waals surface area contributed by atoms with Gasteiger partial charge in [0.25, 0.3) is 11.5 Å². The van der Waals surface area contributed by atoms with Crippen LogP contribution in [0.2, 0.25) is 0 Å². The molecule has 1 N–H and O–H groups in total. The molecule has 1 aliphatic heterocycles. The van der Waals surface area contributed by atoms with Crippen LogP contribution in [0.4, 0.5) is 5.69 Å². The summed E-state index contributed by atoms with van der Waals surface area (Å²) < 4.78 is 14.1. The fourth-order valence-corrected chi connectivity index (χ4v) is 6.29. The number of fused-ring (bicyclic) bond motifs is 1. The molecule has 1 aliphatic rings. The van der Waals surface area contributed by atoms with E-state index in [1.54, 1.807) is 11.7 Å². The van der Waals surface area contributed by atoms with Crippen LogP contribution in [0.15, 0.2) is 93.9 Å². The van der Waals surface area contributed by atoms with E-state index in [9.17, 15) is 9.59 Å². The molecule has 1 atom stereocenters. The summed E-state index contributed by atoms with van der Waals surface area (Å²) in [6, 6.07) is 21.9. The maximum Gasteiger partial charge on any atom is 0.271 e. The number of allylic oxidation sites excluding steroid dienone is 1. The highest BCUT2D eigenvalue weighted by atomic mass is 127. The molecule has 1 amide bonds. The van der Waals surface area contributed by atoms with Crippen LogP contribution in [0.1, 0.15) is 31.0 Å². The lowest BCUT2D eigenvalue weighted by Crippen LogP contribution is -2.40. The van der Waals surface area contributed by atoms with Crippen LogP contribution in [0, 0.1) is 3.57 Å². The predicted octanol–water partition coefficient (Wildman–Crippen LogP) is 4.89. The zero-order valence-corrected chi connectivity index (χ0v) is 24.6. The molecule has 198 valence electrons. The molecule has 0 aliphatic carbocycles. The number of anilines is 1. The van der Waals surface area contributed by atoms with E-state index >= 15 is 0 Å². The second kappa shape index (κ2) is 11.6. The molecule has 39 heavy (non-hydrogen) atoms. The first kappa shape index (κ1) is 26.9. The van der Waals surface area contributed by atoms with Crippen molar-refractivity contribution in [3.05, 3.63) is 118 Å². The fourth-order valence-electron chi connectivity index (χ4n) is 4.48. The Balaban J connectivity index is 1.65. The minimum atomic E-state index is -0.654. The summed E-state index contributed by atoms with van der Waals surface area (Å²) in [7, 11) is 1.63. The zero-order chi connectivity index (χ0) is 27.5. The maximum atomic E-state index is 13.9. The highest BCUT2D eigenvalue weighted by Crippen LogP contribution is 2.32. The number of carbonyl (C=O) groups is 1. The average Bonchev–Trinajstić information content (AvgIpc) is 3.23. The molecule has 0 radical (unpaired) electrons. The van der Waals surface area contributed by atoms with Gasteiger partial charge in [-0.3, -0.25) is 14.2 Å². The molecule has 4 aromatic rings. The number of carbonyl (C=O) groups excluding carboxylic acids is 1. The molecular formula is C30H26IN3O4S. The smallest absolute Gasteiger partial charge is 0.271 e. The molecule has 0 unspecified atom stereocenters. The number of hydrogen-bond acceptors (Lipinski definition) is 6. The Labute approximate surface area is 243 Å². The Morgan fingerprint density at radius 1 is 1.13 bits per heavy atom. The molecular weight excluding hydrogens is 625 g/mol. The van der Waals surface area contributed by atoms with Crippen LogP contribution >= 0.6 is 33.9 Å². The fraction of sp³-hybridized carbons (Fsp3) is 0.167. The van der Waals surface area contributed by atoms with Crippen molar-refractivity contribution in [2.24, 2.45) is 4.99 Å². The first-order valence-corrected chi connectivity index (χ1v) is 14.2. The third-order valence-corrected chi connectivity index (χ3v) is 8.10. The summed E-state index contributed by atoms with van der Waals surface area (Å²) in [4.78, 5) is 32.8. The molecule has 0 saturated carbocycles. The summed E-state index contributed by atoms with van der Waals surface area (Å²) in [6.45, 7) is 4.28. The van der Waals surface area contributed by atoms with Crippen molar-refractivity contribution in [3.8, 4) is 11.5 Å². The molecule has 0 spiro atoms. The quantitative estimate of drug-likeness (QED) is 0.289. The van der Waals surface area contributed by atoms with E-state index in [1.807, 2.05) is 92.7 Å². The summed E-state index contributed by atoms with van der Waals surface area (Å²) in [5.74, 6) is 1.19. The van der Waals surface area contributed by atoms with Gasteiger partial charge in [-0.25, -0.2) is 4.99 Å². The van der Waals surface area contributed by atoms with Gasteiger partial charge in [0.05, 0.1) is 39.1 Å². The molecule has 5 rings (SSSR count). The van der Waals surface area contributed by atoms with Crippen LogP contribution in [-0.2, 0) is 4.79 Å². The van der Waals surface area contributed by atoms with Gasteiger partial charge < -0.3 is 14.8 Å². The number of halogens is 1. The standard InChI is InChI=1S/C30H26IN3O4S/c1-4-38-22-13-11-20(12-14-22)27-26(28(35)33-21-8-6-5-7-9-21)18(2)32-30-34(27)29(36)25(39-30)17-19-10-15-24(37-3)23(31)16-19/h5-17,27H,4H2,1-3H3,(H,33,35)/b25-17+/t27-/m1/s1. The van der Waals surface area contributed by atoms with Crippen molar-refractivity contribution in [2.75, 3.05) is 19.0 Å². The second-order valence-electron chi connectivity index (χ2n) is 8.80. The van der Waals surface area contributed by atoms with E-state index < -0.39 is 6.04 Å². The number of rotatable bonds is 7. The van der Waals surface area contributed by atoms with Crippen LogP contribution in [0.3, 0.4) is 0 Å². The lowest BCUT2D eigenvalue weighted by Gasteiger charge is -2.25. The minimum Gasteiger partial charge on any atom is -0.496 e. The summed E-state index contributed by atoms with van der Waals surface area (Å²) in [5, 5.41) is 2.97. The number of para-hydroxylation sites is 1. The first-order chi connectivity index (χ1) is 18.9. The van der Waals surface area contributed by atoms with Crippen molar-refractivity contribution in [1.29, 1.82) is 0 Å². The predicted molar refractivity (Wildman–Crippen MR) is 162 cm³/mol. The Hall–Kier alpha value is -3.70. The van der Waals surface area contributed by atoms with Crippen LogP contribution in [0.5, 0.6) is 11.5 Å². The molecule has 1 aromatic heterocycles. The van der Waals surface area contributed by atoms with Gasteiger partial charge >= 0.3 is 0 Å². The monoisotopic (exact) mass is 651 g/mol. The van der Waals surface area contributed by atoms with Crippen molar-refractivity contribution in [1.82, 2.24) is 4.57 Å². The second-order valence-corrected chi connectivity index (χ2v) is 11.0. The number of hydrogen-bond donors (Lipinski definition) is 1. The molecule has 3 aromatic carbocycles. The number of benzene rings is 3. The number of thiazole rings is 1. The van der Waals surface area contributed by atoms with Gasteiger partial charge in [-0.2, -0.15) is 0 Å². The van der Waals surface area contributed by atoms with Crippen LogP contribution in [0.25, 0.3) is 6.08 Å². The van der Waals surface area contributed by atoms with E-state index in [1.165, 1.54) is 11.3 Å². The third-order valence-electron chi connectivity index (χ3n) is 6.28. The van der Waals surface area contributed by atoms with Crippen LogP contribution < -0.4 is 29.7 Å². The molecule has 2 heterocycles. The largest absolute Gasteiger partial charge is 0.496 e. The van der Waals surface area contributed by atoms with E-state index in [0.717, 1.165) is 26.2 Å². The van der Waals surface area contributed by atoms with Gasteiger partial charge in [-0.15, -0.1) is 0 Å². The van der Waals surface area contributed by atoms with Gasteiger partial charge in [0.2, 0.25) is 0 Å². The molecule has 0 fully saturated rings. The topological polar surface area (TPSA) is 81.9 Å².